The Bertz CT molecular complexity index is 1270. The van der Waals surface area contributed by atoms with E-state index < -0.39 is 40.9 Å². The lowest BCUT2D eigenvalue weighted by atomic mass is 10.0. The highest BCUT2D eigenvalue weighted by molar-refractivity contribution is 6.03. The standard InChI is InChI=1S/C26H31N3O5/c1-6-7-8-16-9-11-17(12-10-16)18-13-19-22(31)21(25(33)29(5)23(19)27-14-18)24(32)28-15-20(30)34-26(2,3)4/h9-14,31H,6-8,15H2,1-5H3,(H,28,32). The minimum atomic E-state index is -0.864. The van der Waals surface area contributed by atoms with Gasteiger partial charge in [0.2, 0.25) is 0 Å². The monoisotopic (exact) mass is 465 g/mol. The molecule has 0 fully saturated rings. The molecule has 0 atom stereocenters. The first-order valence-corrected chi connectivity index (χ1v) is 11.3. The molecule has 0 spiro atoms. The van der Waals surface area contributed by atoms with Crippen LogP contribution < -0.4 is 10.9 Å². The summed E-state index contributed by atoms with van der Waals surface area (Å²) in [4.78, 5) is 41.8. The average molecular weight is 466 g/mol. The van der Waals surface area contributed by atoms with Crippen LogP contribution in [0.15, 0.2) is 41.3 Å². The molecule has 3 rings (SSSR count). The highest BCUT2D eigenvalue weighted by Crippen LogP contribution is 2.29. The van der Waals surface area contributed by atoms with Crippen molar-refractivity contribution in [3.63, 3.8) is 0 Å². The summed E-state index contributed by atoms with van der Waals surface area (Å²) in [5, 5.41) is 13.5. The number of nitrogens with one attached hydrogen (secondary N) is 1. The number of aromatic hydroxyl groups is 1. The highest BCUT2D eigenvalue weighted by Gasteiger charge is 2.24. The van der Waals surface area contributed by atoms with Gasteiger partial charge in [-0.1, -0.05) is 37.6 Å². The molecular formula is C26H31N3O5. The molecule has 0 aliphatic rings. The molecule has 3 aromatic rings. The van der Waals surface area contributed by atoms with Crippen LogP contribution in [0, 0.1) is 0 Å². The summed E-state index contributed by atoms with van der Waals surface area (Å²) in [6.07, 6.45) is 4.89. The van der Waals surface area contributed by atoms with E-state index in [-0.39, 0.29) is 11.0 Å². The van der Waals surface area contributed by atoms with Crippen LogP contribution >= 0.6 is 0 Å². The smallest absolute Gasteiger partial charge is 0.325 e. The van der Waals surface area contributed by atoms with Crippen molar-refractivity contribution in [3.8, 4) is 16.9 Å². The van der Waals surface area contributed by atoms with Crippen molar-refractivity contribution in [2.24, 2.45) is 7.05 Å². The van der Waals surface area contributed by atoms with Crippen molar-refractivity contribution in [2.75, 3.05) is 6.54 Å². The number of nitrogens with zero attached hydrogens (tertiary/aromatic N) is 2. The summed E-state index contributed by atoms with van der Waals surface area (Å²) in [6, 6.07) is 9.79. The van der Waals surface area contributed by atoms with Gasteiger partial charge in [0.05, 0.1) is 5.39 Å². The number of ether oxygens (including phenoxy) is 1. The summed E-state index contributed by atoms with van der Waals surface area (Å²) in [5.74, 6) is -1.99. The molecule has 0 unspecified atom stereocenters. The molecular weight excluding hydrogens is 434 g/mol. The largest absolute Gasteiger partial charge is 0.506 e. The van der Waals surface area contributed by atoms with Crippen molar-refractivity contribution < 1.29 is 19.4 Å². The van der Waals surface area contributed by atoms with Crippen LogP contribution in [0.1, 0.15) is 56.5 Å². The molecule has 0 radical (unpaired) electrons. The van der Waals surface area contributed by atoms with Crippen molar-refractivity contribution in [2.45, 2.75) is 52.6 Å². The van der Waals surface area contributed by atoms with Gasteiger partial charge in [-0.25, -0.2) is 4.98 Å². The van der Waals surface area contributed by atoms with Gasteiger partial charge >= 0.3 is 5.97 Å². The van der Waals surface area contributed by atoms with Gasteiger partial charge in [0.15, 0.2) is 0 Å². The first kappa shape index (κ1) is 25.0. The lowest BCUT2D eigenvalue weighted by molar-refractivity contribution is -0.153. The van der Waals surface area contributed by atoms with E-state index in [4.69, 9.17) is 4.74 Å². The topological polar surface area (TPSA) is 111 Å². The van der Waals surface area contributed by atoms with Gasteiger partial charge in [0.1, 0.15) is 29.1 Å². The fourth-order valence-electron chi connectivity index (χ4n) is 3.62. The van der Waals surface area contributed by atoms with Crippen molar-refractivity contribution in [1.82, 2.24) is 14.9 Å². The number of aryl methyl sites for hydroxylation is 2. The number of unbranched alkanes of at least 4 members (excludes halogenated alkanes) is 1. The Labute approximate surface area is 198 Å². The Balaban J connectivity index is 1.94. The maximum atomic E-state index is 12.8. The number of amides is 1. The number of hydrogen-bond donors (Lipinski definition) is 2. The molecule has 0 aliphatic carbocycles. The van der Waals surface area contributed by atoms with Crippen LogP contribution in [0.25, 0.3) is 22.2 Å². The summed E-state index contributed by atoms with van der Waals surface area (Å²) >= 11 is 0. The lowest BCUT2D eigenvalue weighted by Gasteiger charge is -2.19. The quantitative estimate of drug-likeness (QED) is 0.515. The van der Waals surface area contributed by atoms with Gasteiger partial charge in [0, 0.05) is 18.8 Å². The highest BCUT2D eigenvalue weighted by atomic mass is 16.6. The van der Waals surface area contributed by atoms with Gasteiger partial charge < -0.3 is 15.2 Å². The average Bonchev–Trinajstić information content (AvgIpc) is 2.79. The second-order valence-corrected chi connectivity index (χ2v) is 9.25. The number of benzene rings is 1. The predicted molar refractivity (Wildman–Crippen MR) is 131 cm³/mol. The first-order valence-electron chi connectivity index (χ1n) is 11.3. The number of rotatable bonds is 7. The summed E-state index contributed by atoms with van der Waals surface area (Å²) < 4.78 is 6.37. The van der Waals surface area contributed by atoms with E-state index in [9.17, 15) is 19.5 Å². The molecule has 34 heavy (non-hydrogen) atoms. The molecule has 8 nitrogen and oxygen atoms in total. The van der Waals surface area contributed by atoms with Crippen molar-refractivity contribution >= 4 is 22.9 Å². The van der Waals surface area contributed by atoms with Crippen molar-refractivity contribution in [1.29, 1.82) is 0 Å². The third kappa shape index (κ3) is 5.62. The number of carbonyl (C=O) groups is 2. The second-order valence-electron chi connectivity index (χ2n) is 9.25. The second kappa shape index (κ2) is 10.1. The first-order chi connectivity index (χ1) is 16.0. The molecule has 1 amide bonds. The van der Waals surface area contributed by atoms with E-state index in [0.29, 0.717) is 0 Å². The Hall–Kier alpha value is -3.68. The van der Waals surface area contributed by atoms with Crippen LogP contribution in [0.3, 0.4) is 0 Å². The van der Waals surface area contributed by atoms with E-state index in [0.717, 1.165) is 30.4 Å². The molecule has 0 saturated heterocycles. The molecule has 0 aliphatic heterocycles. The molecule has 2 heterocycles. The zero-order valence-electron chi connectivity index (χ0n) is 20.3. The Morgan fingerprint density at radius 3 is 2.44 bits per heavy atom. The minimum absolute atomic E-state index is 0.245. The van der Waals surface area contributed by atoms with Crippen LogP contribution in [-0.4, -0.2) is 38.7 Å². The zero-order chi connectivity index (χ0) is 25.0. The number of fused-ring (bicyclic) bond motifs is 1. The molecule has 8 heteroatoms. The van der Waals surface area contributed by atoms with Crippen LogP contribution in [0.2, 0.25) is 0 Å². The Kier molecular flexibility index (Phi) is 7.39. The normalized spacial score (nSPS) is 11.4. The van der Waals surface area contributed by atoms with Gasteiger partial charge in [0.25, 0.3) is 11.5 Å². The van der Waals surface area contributed by atoms with Crippen LogP contribution in [0.4, 0.5) is 0 Å². The predicted octanol–water partition coefficient (Wildman–Crippen LogP) is 3.72. The van der Waals surface area contributed by atoms with E-state index in [2.05, 4.69) is 29.4 Å². The minimum Gasteiger partial charge on any atom is -0.506 e. The van der Waals surface area contributed by atoms with E-state index in [1.807, 2.05) is 12.1 Å². The zero-order valence-corrected chi connectivity index (χ0v) is 20.3. The van der Waals surface area contributed by atoms with Gasteiger partial charge in [-0.05, 0) is 50.8 Å². The number of hydrogen-bond acceptors (Lipinski definition) is 6. The van der Waals surface area contributed by atoms with Gasteiger partial charge in [-0.3, -0.25) is 19.0 Å². The number of carbonyl (C=O) groups excluding carboxylic acids is 2. The van der Waals surface area contributed by atoms with Crippen LogP contribution in [-0.2, 0) is 23.0 Å². The number of aromatic nitrogens is 2. The van der Waals surface area contributed by atoms with Gasteiger partial charge in [-0.2, -0.15) is 0 Å². The van der Waals surface area contributed by atoms with Crippen LogP contribution in [0.5, 0.6) is 5.75 Å². The van der Waals surface area contributed by atoms with Gasteiger partial charge in [-0.15, -0.1) is 0 Å². The summed E-state index contributed by atoms with van der Waals surface area (Å²) in [7, 11) is 1.48. The number of pyridine rings is 2. The third-order valence-electron chi connectivity index (χ3n) is 5.34. The van der Waals surface area contributed by atoms with E-state index >= 15 is 0 Å². The fourth-order valence-corrected chi connectivity index (χ4v) is 3.62. The van der Waals surface area contributed by atoms with E-state index in [1.165, 1.54) is 17.2 Å². The Morgan fingerprint density at radius 2 is 1.82 bits per heavy atom. The maximum Gasteiger partial charge on any atom is 0.325 e. The maximum absolute atomic E-state index is 12.8. The molecule has 2 N–H and O–H groups in total. The Morgan fingerprint density at radius 1 is 1.15 bits per heavy atom. The molecule has 180 valence electrons. The summed E-state index contributed by atoms with van der Waals surface area (Å²) in [6.45, 7) is 6.85. The fraction of sp³-hybridized carbons (Fsp3) is 0.385. The molecule has 0 bridgehead atoms. The number of esters is 1. The lowest BCUT2D eigenvalue weighted by Crippen LogP contribution is -2.37. The molecule has 1 aromatic carbocycles. The summed E-state index contributed by atoms with van der Waals surface area (Å²) in [5.41, 5.74) is 1.25. The SMILES string of the molecule is CCCCc1ccc(-c2cnc3c(c2)c(O)c(C(=O)NCC(=O)OC(C)(C)C)c(=O)n3C)cc1. The molecule has 0 saturated carbocycles. The van der Waals surface area contributed by atoms with E-state index in [1.54, 1.807) is 33.0 Å². The molecule has 2 aromatic heterocycles. The van der Waals surface area contributed by atoms with Crippen molar-refractivity contribution in [3.05, 3.63) is 58.0 Å². The third-order valence-corrected chi connectivity index (χ3v) is 5.34.